The smallest absolute Gasteiger partial charge is 0.265 e. The van der Waals surface area contributed by atoms with Crippen molar-refractivity contribution in [1.82, 2.24) is 0 Å². The maximum atomic E-state index is 12.7. The van der Waals surface area contributed by atoms with Crippen molar-refractivity contribution in [2.45, 2.75) is 6.54 Å². The summed E-state index contributed by atoms with van der Waals surface area (Å²) >= 11 is 9.52. The fraction of sp³-hybridized carbons (Fsp3) is 0.0870. The van der Waals surface area contributed by atoms with Crippen LogP contribution in [0.4, 0.5) is 11.4 Å². The van der Waals surface area contributed by atoms with Crippen LogP contribution in [0, 0.1) is 3.57 Å². The molecule has 4 aromatic rings. The largest absolute Gasteiger partial charge is 0.321 e. The van der Waals surface area contributed by atoms with Gasteiger partial charge >= 0.3 is 0 Å². The molecule has 0 radical (unpaired) electrons. The first-order valence-corrected chi connectivity index (χ1v) is 13.6. The Balaban J connectivity index is 1.62. The average molecular weight is 597 g/mol. The highest BCUT2D eigenvalue weighted by Gasteiger charge is 2.19. The zero-order chi connectivity index (χ0) is 22.9. The molecular weight excluding hydrogens is 579 g/mol. The number of carbonyl (C=O) groups is 1. The third-order valence-corrected chi connectivity index (χ3v) is 7.98. The van der Waals surface area contributed by atoms with Crippen LogP contribution in [0.2, 0.25) is 5.02 Å². The van der Waals surface area contributed by atoms with Crippen LogP contribution in [0.5, 0.6) is 0 Å². The molecule has 0 atom stereocenters. The van der Waals surface area contributed by atoms with E-state index in [1.807, 2.05) is 30.3 Å². The number of fused-ring (bicyclic) bond motifs is 1. The zero-order valence-corrected chi connectivity index (χ0v) is 21.4. The van der Waals surface area contributed by atoms with E-state index in [2.05, 4.69) is 27.9 Å². The fourth-order valence-electron chi connectivity index (χ4n) is 3.18. The number of nitrogens with one attached hydrogen (secondary N) is 1. The van der Waals surface area contributed by atoms with E-state index in [0.29, 0.717) is 15.6 Å². The van der Waals surface area contributed by atoms with E-state index in [1.54, 1.807) is 42.5 Å². The number of amides is 1. The summed E-state index contributed by atoms with van der Waals surface area (Å²) in [6.07, 6.45) is 1.18. The minimum atomic E-state index is -3.52. The lowest BCUT2D eigenvalue weighted by molar-refractivity contribution is 0.103. The predicted molar refractivity (Wildman–Crippen MR) is 141 cm³/mol. The number of rotatable bonds is 6. The Bertz CT molecular complexity index is 1390. The van der Waals surface area contributed by atoms with Gasteiger partial charge in [0.25, 0.3) is 5.91 Å². The van der Waals surface area contributed by atoms with Gasteiger partial charge in [-0.1, -0.05) is 23.7 Å². The number of thiophene rings is 1. The SMILES string of the molecule is CS(=O)(=O)N(Cc1ccc(Cl)cc1)c1ccc2sc(C(=O)Nc3ccc(I)cc3)cc2c1. The van der Waals surface area contributed by atoms with Crippen molar-refractivity contribution in [1.29, 1.82) is 0 Å². The first-order chi connectivity index (χ1) is 15.2. The number of hydrogen-bond acceptors (Lipinski definition) is 4. The van der Waals surface area contributed by atoms with E-state index >= 15 is 0 Å². The Kier molecular flexibility index (Phi) is 6.75. The predicted octanol–water partition coefficient (Wildman–Crippen LogP) is 6.38. The lowest BCUT2D eigenvalue weighted by Crippen LogP contribution is -2.29. The summed E-state index contributed by atoms with van der Waals surface area (Å²) in [4.78, 5) is 13.3. The van der Waals surface area contributed by atoms with Crippen LogP contribution < -0.4 is 9.62 Å². The van der Waals surface area contributed by atoms with Gasteiger partial charge in [-0.15, -0.1) is 11.3 Å². The quantitative estimate of drug-likeness (QED) is 0.263. The van der Waals surface area contributed by atoms with E-state index in [9.17, 15) is 13.2 Å². The van der Waals surface area contributed by atoms with E-state index in [-0.39, 0.29) is 12.5 Å². The van der Waals surface area contributed by atoms with Crippen molar-refractivity contribution in [3.63, 3.8) is 0 Å². The molecule has 0 fully saturated rings. The lowest BCUT2D eigenvalue weighted by Gasteiger charge is -2.22. The fourth-order valence-corrected chi connectivity index (χ4v) is 5.48. The molecule has 0 aliphatic rings. The molecular formula is C23H18ClIN2O3S2. The Morgan fingerprint density at radius 1 is 1.03 bits per heavy atom. The Morgan fingerprint density at radius 2 is 1.72 bits per heavy atom. The van der Waals surface area contributed by atoms with Crippen LogP contribution in [-0.4, -0.2) is 20.6 Å². The standard InChI is InChI=1S/C23H18ClIN2O3S2/c1-32(29,30)27(14-15-2-4-17(24)5-3-15)20-10-11-21-16(12-20)13-22(31-21)23(28)26-19-8-6-18(25)7-9-19/h2-13H,14H2,1H3,(H,26,28). The summed E-state index contributed by atoms with van der Waals surface area (Å²) in [6, 6.07) is 21.8. The van der Waals surface area contributed by atoms with Crippen LogP contribution in [-0.2, 0) is 16.6 Å². The number of anilines is 2. The van der Waals surface area contributed by atoms with Crippen molar-refractivity contribution < 1.29 is 13.2 Å². The van der Waals surface area contributed by atoms with E-state index in [1.165, 1.54) is 21.9 Å². The molecule has 4 rings (SSSR count). The zero-order valence-electron chi connectivity index (χ0n) is 16.9. The highest BCUT2D eigenvalue weighted by atomic mass is 127. The Labute approximate surface area is 209 Å². The third kappa shape index (κ3) is 5.43. The normalized spacial score (nSPS) is 11.5. The van der Waals surface area contributed by atoms with E-state index < -0.39 is 10.0 Å². The molecule has 32 heavy (non-hydrogen) atoms. The lowest BCUT2D eigenvalue weighted by atomic mass is 10.2. The van der Waals surface area contributed by atoms with E-state index in [0.717, 1.165) is 24.9 Å². The Morgan fingerprint density at radius 3 is 2.38 bits per heavy atom. The molecule has 9 heteroatoms. The summed E-state index contributed by atoms with van der Waals surface area (Å²) < 4.78 is 28.4. The van der Waals surface area contributed by atoms with Crippen molar-refractivity contribution in [3.05, 3.63) is 91.8 Å². The van der Waals surface area contributed by atoms with Gasteiger partial charge in [-0.25, -0.2) is 8.42 Å². The molecule has 0 spiro atoms. The number of sulfonamides is 1. The average Bonchev–Trinajstić information content (AvgIpc) is 3.17. The highest BCUT2D eigenvalue weighted by molar-refractivity contribution is 14.1. The third-order valence-electron chi connectivity index (χ3n) is 4.75. The maximum Gasteiger partial charge on any atom is 0.265 e. The number of benzene rings is 3. The summed E-state index contributed by atoms with van der Waals surface area (Å²) in [7, 11) is -3.52. The number of carbonyl (C=O) groups excluding carboxylic acids is 1. The first kappa shape index (κ1) is 23.0. The maximum absolute atomic E-state index is 12.7. The molecule has 1 N–H and O–H groups in total. The second-order valence-electron chi connectivity index (χ2n) is 7.19. The molecule has 1 aromatic heterocycles. The number of halogens is 2. The van der Waals surface area contributed by atoms with Crippen molar-refractivity contribution >= 4 is 82.9 Å². The molecule has 3 aromatic carbocycles. The molecule has 0 saturated heterocycles. The van der Waals surface area contributed by atoms with Crippen LogP contribution in [0.3, 0.4) is 0 Å². The van der Waals surface area contributed by atoms with Gasteiger partial charge in [-0.2, -0.15) is 0 Å². The van der Waals surface area contributed by atoms with Gasteiger partial charge < -0.3 is 5.32 Å². The minimum Gasteiger partial charge on any atom is -0.321 e. The van der Waals surface area contributed by atoms with E-state index in [4.69, 9.17) is 11.6 Å². The Hall–Kier alpha value is -2.14. The van der Waals surface area contributed by atoms with Crippen molar-refractivity contribution in [2.24, 2.45) is 0 Å². The minimum absolute atomic E-state index is 0.186. The molecule has 0 aliphatic carbocycles. The van der Waals surface area contributed by atoms with Gasteiger partial charge in [-0.3, -0.25) is 9.10 Å². The van der Waals surface area contributed by atoms with Crippen molar-refractivity contribution in [3.8, 4) is 0 Å². The van der Waals surface area contributed by atoms with Gasteiger partial charge in [0.05, 0.1) is 23.4 Å². The molecule has 1 amide bonds. The van der Waals surface area contributed by atoms with Gasteiger partial charge in [-0.05, 0) is 94.2 Å². The summed E-state index contributed by atoms with van der Waals surface area (Å²) in [5.74, 6) is -0.199. The number of nitrogens with zero attached hydrogens (tertiary/aromatic N) is 1. The molecule has 164 valence electrons. The van der Waals surface area contributed by atoms with Crippen LogP contribution in [0.1, 0.15) is 15.2 Å². The van der Waals surface area contributed by atoms with Crippen LogP contribution in [0.25, 0.3) is 10.1 Å². The molecule has 0 bridgehead atoms. The highest BCUT2D eigenvalue weighted by Crippen LogP contribution is 2.31. The van der Waals surface area contributed by atoms with Crippen LogP contribution >= 0.6 is 45.5 Å². The van der Waals surface area contributed by atoms with Crippen molar-refractivity contribution in [2.75, 3.05) is 15.9 Å². The topological polar surface area (TPSA) is 66.5 Å². The van der Waals surface area contributed by atoms with Gasteiger partial charge in [0, 0.05) is 19.0 Å². The summed E-state index contributed by atoms with van der Waals surface area (Å²) in [5.41, 5.74) is 2.08. The molecule has 5 nitrogen and oxygen atoms in total. The van der Waals surface area contributed by atoms with Gasteiger partial charge in [0.2, 0.25) is 10.0 Å². The first-order valence-electron chi connectivity index (χ1n) is 9.52. The summed E-state index contributed by atoms with van der Waals surface area (Å²) in [6.45, 7) is 0.186. The monoisotopic (exact) mass is 596 g/mol. The molecule has 0 unspecified atom stereocenters. The number of hydrogen-bond donors (Lipinski definition) is 1. The van der Waals surface area contributed by atoms with Crippen LogP contribution in [0.15, 0.2) is 72.8 Å². The van der Waals surface area contributed by atoms with Gasteiger partial charge in [0.15, 0.2) is 0 Å². The van der Waals surface area contributed by atoms with Gasteiger partial charge in [0.1, 0.15) is 0 Å². The molecule has 1 heterocycles. The molecule has 0 aliphatic heterocycles. The second kappa shape index (κ2) is 9.38. The molecule has 0 saturated carbocycles. The summed E-state index contributed by atoms with van der Waals surface area (Å²) in [5, 5.41) is 4.30. The second-order valence-corrected chi connectivity index (χ2v) is 11.9.